The van der Waals surface area contributed by atoms with Crippen molar-refractivity contribution < 1.29 is 13.2 Å². The van der Waals surface area contributed by atoms with Crippen molar-refractivity contribution in [2.24, 2.45) is 0 Å². The average molecular weight is 563 g/mol. The Morgan fingerprint density at radius 2 is 1.69 bits per heavy atom. The summed E-state index contributed by atoms with van der Waals surface area (Å²) in [5.74, 6) is -0.229. The van der Waals surface area contributed by atoms with Crippen molar-refractivity contribution in [3.05, 3.63) is 83.7 Å². The molecule has 39 heavy (non-hydrogen) atoms. The first-order chi connectivity index (χ1) is 18.9. The Morgan fingerprint density at radius 1 is 0.974 bits per heavy atom. The average Bonchev–Trinajstić information content (AvgIpc) is 3.41. The third-order valence-corrected chi connectivity index (χ3v) is 10.5. The highest BCUT2D eigenvalue weighted by molar-refractivity contribution is 7.89. The molecule has 0 aliphatic heterocycles. The number of fused-ring (bicyclic) bond motifs is 1. The van der Waals surface area contributed by atoms with E-state index in [1.54, 1.807) is 45.9 Å². The Bertz CT molecular complexity index is 1530. The SMILES string of the molecule is CCc1cccc2sc(N(Cc3ccncc3)C(=O)c3ccc(S(=O)(=O)N(CC)C4CCCCC4)cc3)nc12. The molecule has 5 rings (SSSR count). The standard InChI is InChI=1S/C30H34N4O3S2/c1-3-23-9-8-12-27-28(23)32-30(38-27)33(21-22-17-19-31-20-18-22)29(35)24-13-15-26(16-14-24)39(36,37)34(4-2)25-10-6-5-7-11-25/h8-9,12-20,25H,3-7,10-11,21H2,1-2H3. The predicted molar refractivity (Wildman–Crippen MR) is 157 cm³/mol. The third-order valence-electron chi connectivity index (χ3n) is 7.44. The summed E-state index contributed by atoms with van der Waals surface area (Å²) in [5.41, 5.74) is 3.40. The second-order valence-corrected chi connectivity index (χ2v) is 12.8. The van der Waals surface area contributed by atoms with Gasteiger partial charge in [-0.25, -0.2) is 13.4 Å². The molecule has 0 spiro atoms. The van der Waals surface area contributed by atoms with Crippen LogP contribution in [0.3, 0.4) is 0 Å². The van der Waals surface area contributed by atoms with Crippen LogP contribution in [0.25, 0.3) is 10.2 Å². The van der Waals surface area contributed by atoms with E-state index in [9.17, 15) is 13.2 Å². The molecule has 2 aromatic heterocycles. The van der Waals surface area contributed by atoms with Gasteiger partial charge in [-0.2, -0.15) is 4.31 Å². The van der Waals surface area contributed by atoms with Gasteiger partial charge in [-0.15, -0.1) is 0 Å². The molecule has 2 heterocycles. The summed E-state index contributed by atoms with van der Waals surface area (Å²) in [4.78, 5) is 24.8. The van der Waals surface area contributed by atoms with E-state index in [4.69, 9.17) is 4.98 Å². The number of para-hydroxylation sites is 1. The highest BCUT2D eigenvalue weighted by Crippen LogP contribution is 2.33. The Kier molecular flexibility index (Phi) is 8.40. The van der Waals surface area contributed by atoms with E-state index in [0.717, 1.165) is 59.9 Å². The molecular formula is C30H34N4O3S2. The summed E-state index contributed by atoms with van der Waals surface area (Å²) in [6, 6.07) is 16.3. The van der Waals surface area contributed by atoms with Crippen LogP contribution >= 0.6 is 11.3 Å². The first kappa shape index (κ1) is 27.4. The van der Waals surface area contributed by atoms with E-state index in [2.05, 4.69) is 18.0 Å². The van der Waals surface area contributed by atoms with Gasteiger partial charge in [0.1, 0.15) is 0 Å². The summed E-state index contributed by atoms with van der Waals surface area (Å²) in [7, 11) is -3.65. The zero-order chi connectivity index (χ0) is 27.4. The molecule has 1 fully saturated rings. The molecule has 0 unspecified atom stereocenters. The number of carbonyl (C=O) groups excluding carboxylic acids is 1. The fraction of sp³-hybridized carbons (Fsp3) is 0.367. The van der Waals surface area contributed by atoms with Gasteiger partial charge < -0.3 is 0 Å². The van der Waals surface area contributed by atoms with Crippen molar-refractivity contribution >= 4 is 42.6 Å². The van der Waals surface area contributed by atoms with Crippen molar-refractivity contribution in [1.29, 1.82) is 0 Å². The smallest absolute Gasteiger partial charge is 0.260 e. The molecule has 1 amide bonds. The van der Waals surface area contributed by atoms with Gasteiger partial charge in [0, 0.05) is 30.5 Å². The highest BCUT2D eigenvalue weighted by atomic mass is 32.2. The van der Waals surface area contributed by atoms with E-state index in [1.165, 1.54) is 11.3 Å². The minimum Gasteiger partial charge on any atom is -0.279 e. The zero-order valence-electron chi connectivity index (χ0n) is 22.4. The van der Waals surface area contributed by atoms with Gasteiger partial charge in [0.15, 0.2) is 5.13 Å². The van der Waals surface area contributed by atoms with Crippen LogP contribution in [0.5, 0.6) is 0 Å². The normalized spacial score (nSPS) is 14.6. The molecule has 7 nitrogen and oxygen atoms in total. The van der Waals surface area contributed by atoms with Gasteiger partial charge in [0.2, 0.25) is 10.0 Å². The number of nitrogens with zero attached hydrogens (tertiary/aromatic N) is 4. The highest BCUT2D eigenvalue weighted by Gasteiger charge is 2.31. The van der Waals surface area contributed by atoms with Crippen LogP contribution in [-0.2, 0) is 23.0 Å². The van der Waals surface area contributed by atoms with E-state index in [1.807, 2.05) is 31.2 Å². The minimum absolute atomic E-state index is 0.0398. The summed E-state index contributed by atoms with van der Waals surface area (Å²) >= 11 is 1.48. The third kappa shape index (κ3) is 5.76. The van der Waals surface area contributed by atoms with Crippen molar-refractivity contribution in [2.75, 3.05) is 11.4 Å². The number of thiazole rings is 1. The van der Waals surface area contributed by atoms with Crippen molar-refractivity contribution in [2.45, 2.75) is 69.9 Å². The molecule has 4 aromatic rings. The number of hydrogen-bond donors (Lipinski definition) is 0. The molecule has 0 saturated heterocycles. The van der Waals surface area contributed by atoms with Crippen LogP contribution in [0.1, 0.15) is 67.4 Å². The van der Waals surface area contributed by atoms with E-state index < -0.39 is 10.0 Å². The van der Waals surface area contributed by atoms with E-state index >= 15 is 0 Å². The number of pyridine rings is 1. The molecule has 1 saturated carbocycles. The lowest BCUT2D eigenvalue weighted by Gasteiger charge is -2.32. The maximum absolute atomic E-state index is 13.9. The second-order valence-electron chi connectivity index (χ2n) is 9.89. The Morgan fingerprint density at radius 3 is 2.36 bits per heavy atom. The predicted octanol–water partition coefficient (Wildman–Crippen LogP) is 6.44. The van der Waals surface area contributed by atoms with E-state index in [0.29, 0.717) is 23.8 Å². The van der Waals surface area contributed by atoms with Gasteiger partial charge in [0.05, 0.1) is 21.7 Å². The Hall–Kier alpha value is -3.14. The molecule has 1 aliphatic rings. The fourth-order valence-corrected chi connectivity index (χ4v) is 8.05. The summed E-state index contributed by atoms with van der Waals surface area (Å²) in [5, 5.41) is 0.610. The summed E-state index contributed by atoms with van der Waals surface area (Å²) in [6.45, 7) is 4.75. The van der Waals surface area contributed by atoms with Gasteiger partial charge >= 0.3 is 0 Å². The molecule has 0 bridgehead atoms. The number of amides is 1. The monoisotopic (exact) mass is 562 g/mol. The molecule has 0 radical (unpaired) electrons. The maximum atomic E-state index is 13.9. The quantitative estimate of drug-likeness (QED) is 0.234. The first-order valence-corrected chi connectivity index (χ1v) is 15.9. The number of benzene rings is 2. The van der Waals surface area contributed by atoms with Gasteiger partial charge in [-0.05, 0) is 72.9 Å². The molecule has 1 aliphatic carbocycles. The van der Waals surface area contributed by atoms with Crippen molar-refractivity contribution in [3.8, 4) is 0 Å². The molecule has 204 valence electrons. The largest absolute Gasteiger partial charge is 0.279 e. The molecule has 9 heteroatoms. The number of anilines is 1. The lowest BCUT2D eigenvalue weighted by molar-refractivity contribution is 0.0985. The lowest BCUT2D eigenvalue weighted by Crippen LogP contribution is -2.41. The van der Waals surface area contributed by atoms with Gasteiger partial charge in [-0.1, -0.05) is 56.6 Å². The molecule has 2 aromatic carbocycles. The Labute approximate surface area is 234 Å². The van der Waals surface area contributed by atoms with Crippen LogP contribution in [0.4, 0.5) is 5.13 Å². The Balaban J connectivity index is 1.46. The number of carbonyl (C=O) groups is 1. The summed E-state index contributed by atoms with van der Waals surface area (Å²) in [6.07, 6.45) is 9.34. The molecular weight excluding hydrogens is 528 g/mol. The molecule has 0 atom stereocenters. The number of rotatable bonds is 9. The van der Waals surface area contributed by atoms with Crippen LogP contribution < -0.4 is 4.90 Å². The van der Waals surface area contributed by atoms with Gasteiger partial charge in [0.25, 0.3) is 5.91 Å². The van der Waals surface area contributed by atoms with Crippen LogP contribution in [-0.4, -0.2) is 41.2 Å². The van der Waals surface area contributed by atoms with E-state index in [-0.39, 0.29) is 16.8 Å². The van der Waals surface area contributed by atoms with Crippen molar-refractivity contribution in [1.82, 2.24) is 14.3 Å². The van der Waals surface area contributed by atoms with Crippen LogP contribution in [0.15, 0.2) is 71.9 Å². The fourth-order valence-electron chi connectivity index (χ4n) is 5.35. The number of aromatic nitrogens is 2. The number of aryl methyl sites for hydroxylation is 1. The lowest BCUT2D eigenvalue weighted by atomic mass is 9.95. The first-order valence-electron chi connectivity index (χ1n) is 13.6. The maximum Gasteiger partial charge on any atom is 0.260 e. The zero-order valence-corrected chi connectivity index (χ0v) is 24.0. The van der Waals surface area contributed by atoms with Crippen LogP contribution in [0.2, 0.25) is 0 Å². The number of hydrogen-bond acceptors (Lipinski definition) is 6. The van der Waals surface area contributed by atoms with Crippen LogP contribution in [0, 0.1) is 0 Å². The topological polar surface area (TPSA) is 83.5 Å². The second kappa shape index (κ2) is 11.9. The van der Waals surface area contributed by atoms with Gasteiger partial charge in [-0.3, -0.25) is 14.7 Å². The summed E-state index contributed by atoms with van der Waals surface area (Å²) < 4.78 is 29.7. The van der Waals surface area contributed by atoms with Crippen molar-refractivity contribution in [3.63, 3.8) is 0 Å². The number of sulfonamides is 1. The molecule has 0 N–H and O–H groups in total. The minimum atomic E-state index is -3.65.